The maximum Gasteiger partial charge on any atom is 0.307 e. The van der Waals surface area contributed by atoms with Crippen LogP contribution in [0.1, 0.15) is 20.3 Å². The minimum Gasteiger partial charge on any atom is -0.481 e. The fourth-order valence-corrected chi connectivity index (χ4v) is 1.96. The highest BCUT2D eigenvalue weighted by atomic mass is 32.1. The Bertz CT molecular complexity index is 279. The molecule has 0 aromatic heterocycles. The van der Waals surface area contributed by atoms with Gasteiger partial charge in [0.2, 0.25) is 0 Å². The summed E-state index contributed by atoms with van der Waals surface area (Å²) in [6.07, 6.45) is 6.32. The van der Waals surface area contributed by atoms with Crippen molar-refractivity contribution in [1.82, 2.24) is 0 Å². The zero-order valence-corrected chi connectivity index (χ0v) is 9.37. The largest absolute Gasteiger partial charge is 0.481 e. The Morgan fingerprint density at radius 3 is 2.79 bits per heavy atom. The van der Waals surface area contributed by atoms with Gasteiger partial charge < -0.3 is 5.11 Å². The van der Waals surface area contributed by atoms with Gasteiger partial charge in [-0.3, -0.25) is 4.79 Å². The van der Waals surface area contributed by atoms with Crippen molar-refractivity contribution in [3.05, 3.63) is 23.1 Å². The predicted molar refractivity (Wildman–Crippen MR) is 60.3 cm³/mol. The predicted octanol–water partition coefficient (Wildman–Crippen LogP) is 2.73. The Hall–Kier alpha value is -0.700. The third kappa shape index (κ3) is 2.64. The van der Waals surface area contributed by atoms with Crippen LogP contribution in [0, 0.1) is 17.8 Å². The Labute approximate surface area is 90.1 Å². The molecule has 78 valence electrons. The van der Waals surface area contributed by atoms with Gasteiger partial charge in [0.05, 0.1) is 5.92 Å². The van der Waals surface area contributed by atoms with E-state index in [2.05, 4.69) is 26.5 Å². The second-order valence-electron chi connectivity index (χ2n) is 3.99. The first-order chi connectivity index (χ1) is 6.52. The normalized spacial score (nSPS) is 27.3. The van der Waals surface area contributed by atoms with Crippen molar-refractivity contribution < 1.29 is 9.90 Å². The monoisotopic (exact) mass is 212 g/mol. The number of allylic oxidation sites excluding steroid dienone is 3. The van der Waals surface area contributed by atoms with E-state index in [1.165, 1.54) is 0 Å². The van der Waals surface area contributed by atoms with Gasteiger partial charge in [0.15, 0.2) is 0 Å². The summed E-state index contributed by atoms with van der Waals surface area (Å²) in [6.45, 7) is 4.10. The summed E-state index contributed by atoms with van der Waals surface area (Å²) >= 11 is 4.23. The average molecular weight is 212 g/mol. The first kappa shape index (κ1) is 11.4. The smallest absolute Gasteiger partial charge is 0.307 e. The van der Waals surface area contributed by atoms with Crippen LogP contribution in [0.4, 0.5) is 0 Å². The summed E-state index contributed by atoms with van der Waals surface area (Å²) in [5.74, 6) is -0.572. The van der Waals surface area contributed by atoms with Crippen LogP contribution < -0.4 is 0 Å². The maximum absolute atomic E-state index is 11.0. The Morgan fingerprint density at radius 2 is 2.29 bits per heavy atom. The van der Waals surface area contributed by atoms with Crippen molar-refractivity contribution in [2.24, 2.45) is 17.8 Å². The first-order valence-corrected chi connectivity index (χ1v) is 5.27. The molecule has 0 bridgehead atoms. The molecule has 1 N–H and O–H groups in total. The number of carbonyl (C=O) groups is 1. The Morgan fingerprint density at radius 1 is 1.64 bits per heavy atom. The summed E-state index contributed by atoms with van der Waals surface area (Å²) in [4.78, 5) is 11.9. The topological polar surface area (TPSA) is 37.3 Å². The lowest BCUT2D eigenvalue weighted by Gasteiger charge is -2.22. The molecule has 2 unspecified atom stereocenters. The van der Waals surface area contributed by atoms with E-state index < -0.39 is 5.97 Å². The third-order valence-electron chi connectivity index (χ3n) is 2.62. The molecule has 0 amide bonds. The molecule has 0 saturated heterocycles. The molecular formula is C11H16O2S. The van der Waals surface area contributed by atoms with Crippen molar-refractivity contribution in [1.29, 1.82) is 0 Å². The molecule has 2 nitrogen and oxygen atoms in total. The second kappa shape index (κ2) is 4.69. The summed E-state index contributed by atoms with van der Waals surface area (Å²) in [5.41, 5.74) is 0. The van der Waals surface area contributed by atoms with Gasteiger partial charge in [0, 0.05) is 0 Å². The van der Waals surface area contributed by atoms with Crippen LogP contribution >= 0.6 is 12.6 Å². The van der Waals surface area contributed by atoms with Gasteiger partial charge in [0.1, 0.15) is 0 Å². The minimum absolute atomic E-state index is 0.105. The number of aliphatic carboxylic acids is 1. The van der Waals surface area contributed by atoms with Crippen LogP contribution in [-0.2, 0) is 4.79 Å². The zero-order chi connectivity index (χ0) is 10.7. The molecule has 14 heavy (non-hydrogen) atoms. The summed E-state index contributed by atoms with van der Waals surface area (Å²) in [7, 11) is 0. The lowest BCUT2D eigenvalue weighted by atomic mass is 9.82. The molecule has 0 aliphatic heterocycles. The Balaban J connectivity index is 2.90. The summed E-state index contributed by atoms with van der Waals surface area (Å²) in [5, 5.41) is 9.08. The fraction of sp³-hybridized carbons (Fsp3) is 0.545. The number of rotatable bonds is 2. The maximum atomic E-state index is 11.0. The number of carboxylic acid groups (broad SMARTS) is 1. The lowest BCUT2D eigenvalue weighted by Crippen LogP contribution is -2.25. The molecule has 0 aromatic carbocycles. The van der Waals surface area contributed by atoms with Gasteiger partial charge in [-0.2, -0.15) is 0 Å². The van der Waals surface area contributed by atoms with E-state index in [-0.39, 0.29) is 11.8 Å². The molecular weight excluding hydrogens is 196 g/mol. The van der Waals surface area contributed by atoms with E-state index in [9.17, 15) is 4.79 Å². The van der Waals surface area contributed by atoms with Gasteiger partial charge >= 0.3 is 5.97 Å². The molecule has 0 heterocycles. The van der Waals surface area contributed by atoms with E-state index in [4.69, 9.17) is 5.11 Å². The molecule has 3 heteroatoms. The molecule has 0 fully saturated rings. The second-order valence-corrected chi connectivity index (χ2v) is 4.51. The van der Waals surface area contributed by atoms with Crippen LogP contribution in [0.5, 0.6) is 0 Å². The van der Waals surface area contributed by atoms with Gasteiger partial charge in [0.25, 0.3) is 0 Å². The van der Waals surface area contributed by atoms with Gasteiger partial charge in [-0.15, -0.1) is 12.6 Å². The van der Waals surface area contributed by atoms with Crippen molar-refractivity contribution in [3.8, 4) is 0 Å². The lowest BCUT2D eigenvalue weighted by molar-refractivity contribution is -0.143. The standard InChI is InChI=1S/C11H16O2S/c1-7(2)9-5-3-8(14)4-6-10(9)11(12)13/h3-5,7,9-10,14H,6H2,1-2H3,(H,12,13). The molecule has 0 saturated carbocycles. The Kier molecular flexibility index (Phi) is 3.81. The van der Waals surface area contributed by atoms with E-state index in [0.717, 1.165) is 4.91 Å². The van der Waals surface area contributed by atoms with Gasteiger partial charge in [-0.25, -0.2) is 0 Å². The first-order valence-electron chi connectivity index (χ1n) is 4.82. The van der Waals surface area contributed by atoms with E-state index in [1.54, 1.807) is 0 Å². The number of carboxylic acids is 1. The summed E-state index contributed by atoms with van der Waals surface area (Å²) < 4.78 is 0. The number of hydrogen-bond acceptors (Lipinski definition) is 2. The highest BCUT2D eigenvalue weighted by Crippen LogP contribution is 2.30. The average Bonchev–Trinajstić information content (AvgIpc) is 2.26. The third-order valence-corrected chi connectivity index (χ3v) is 2.95. The van der Waals surface area contributed by atoms with Crippen molar-refractivity contribution >= 4 is 18.6 Å². The quantitative estimate of drug-likeness (QED) is 0.691. The van der Waals surface area contributed by atoms with Crippen LogP contribution in [0.25, 0.3) is 0 Å². The highest BCUT2D eigenvalue weighted by molar-refractivity contribution is 7.84. The van der Waals surface area contributed by atoms with Crippen molar-refractivity contribution in [2.75, 3.05) is 0 Å². The minimum atomic E-state index is -0.715. The van der Waals surface area contributed by atoms with Gasteiger partial charge in [-0.05, 0) is 23.2 Å². The van der Waals surface area contributed by atoms with Crippen LogP contribution in [0.2, 0.25) is 0 Å². The van der Waals surface area contributed by atoms with Crippen molar-refractivity contribution in [3.63, 3.8) is 0 Å². The van der Waals surface area contributed by atoms with Crippen LogP contribution in [-0.4, -0.2) is 11.1 Å². The van der Waals surface area contributed by atoms with Crippen LogP contribution in [0.15, 0.2) is 23.1 Å². The SMILES string of the molecule is CC(C)C1C=CC(S)=CCC1C(=O)O. The zero-order valence-electron chi connectivity index (χ0n) is 8.47. The van der Waals surface area contributed by atoms with E-state index in [0.29, 0.717) is 12.3 Å². The molecule has 2 atom stereocenters. The van der Waals surface area contributed by atoms with Gasteiger partial charge in [-0.1, -0.05) is 32.1 Å². The molecule has 0 radical (unpaired) electrons. The molecule has 1 aliphatic carbocycles. The highest BCUT2D eigenvalue weighted by Gasteiger charge is 2.28. The van der Waals surface area contributed by atoms with E-state index >= 15 is 0 Å². The number of thiol groups is 1. The molecule has 0 aromatic rings. The van der Waals surface area contributed by atoms with Crippen LogP contribution in [0.3, 0.4) is 0 Å². The van der Waals surface area contributed by atoms with E-state index in [1.807, 2.05) is 18.2 Å². The molecule has 0 spiro atoms. The fourth-order valence-electron chi connectivity index (χ4n) is 1.77. The molecule has 1 rings (SSSR count). The summed E-state index contributed by atoms with van der Waals surface area (Å²) in [6, 6.07) is 0. The number of hydrogen-bond donors (Lipinski definition) is 2. The molecule has 1 aliphatic rings. The van der Waals surface area contributed by atoms with Crippen molar-refractivity contribution in [2.45, 2.75) is 20.3 Å².